The highest BCUT2D eigenvalue weighted by molar-refractivity contribution is 5.51. The van der Waals surface area contributed by atoms with Gasteiger partial charge < -0.3 is 19.5 Å². The molecule has 1 aliphatic heterocycles. The quantitative estimate of drug-likeness (QED) is 0.911. The van der Waals surface area contributed by atoms with E-state index in [0.29, 0.717) is 30.2 Å². The van der Waals surface area contributed by atoms with Crippen LogP contribution in [0, 0.1) is 0 Å². The zero-order chi connectivity index (χ0) is 13.8. The number of benzene rings is 1. The number of alkyl halides is 1. The van der Waals surface area contributed by atoms with Crippen molar-refractivity contribution in [2.24, 2.45) is 0 Å². The molecule has 0 saturated carbocycles. The Labute approximate surface area is 112 Å². The zero-order valence-corrected chi connectivity index (χ0v) is 11.5. The molecular formula is C14H20FNO3. The number of hydrogen-bond acceptors (Lipinski definition) is 4. The number of halogens is 1. The molecule has 0 spiro atoms. The Morgan fingerprint density at radius 2 is 2.16 bits per heavy atom. The molecule has 1 N–H and O–H groups in total. The summed E-state index contributed by atoms with van der Waals surface area (Å²) in [5, 5.41) is 3.26. The van der Waals surface area contributed by atoms with Crippen molar-refractivity contribution in [3.05, 3.63) is 23.3 Å². The SMILES string of the molecule is COc1cc(C(C)F)cc(C2CNCCO2)c1OC. The molecule has 2 atom stereocenters. The van der Waals surface area contributed by atoms with E-state index in [9.17, 15) is 4.39 Å². The number of ether oxygens (including phenoxy) is 3. The molecule has 0 amide bonds. The number of rotatable bonds is 4. The van der Waals surface area contributed by atoms with Crippen molar-refractivity contribution in [1.82, 2.24) is 5.32 Å². The summed E-state index contributed by atoms with van der Waals surface area (Å²) in [5.41, 5.74) is 1.40. The van der Waals surface area contributed by atoms with Crippen LogP contribution in [-0.2, 0) is 4.74 Å². The Balaban J connectivity index is 2.45. The van der Waals surface area contributed by atoms with E-state index in [2.05, 4.69) is 5.32 Å². The van der Waals surface area contributed by atoms with E-state index in [1.165, 1.54) is 6.92 Å². The monoisotopic (exact) mass is 269 g/mol. The van der Waals surface area contributed by atoms with E-state index in [4.69, 9.17) is 14.2 Å². The second kappa shape index (κ2) is 6.21. The van der Waals surface area contributed by atoms with Crippen LogP contribution in [0.25, 0.3) is 0 Å². The molecule has 0 bridgehead atoms. The third-order valence-electron chi connectivity index (χ3n) is 3.26. The van der Waals surface area contributed by atoms with Crippen molar-refractivity contribution >= 4 is 0 Å². The maximum absolute atomic E-state index is 13.6. The van der Waals surface area contributed by atoms with E-state index in [1.807, 2.05) is 0 Å². The molecule has 1 aromatic rings. The van der Waals surface area contributed by atoms with Gasteiger partial charge in [-0.2, -0.15) is 0 Å². The van der Waals surface area contributed by atoms with Crippen LogP contribution in [0.1, 0.15) is 30.3 Å². The van der Waals surface area contributed by atoms with Crippen LogP contribution in [-0.4, -0.2) is 33.9 Å². The van der Waals surface area contributed by atoms with Gasteiger partial charge in [0.2, 0.25) is 0 Å². The molecule has 0 aromatic heterocycles. The van der Waals surface area contributed by atoms with Crippen molar-refractivity contribution in [3.63, 3.8) is 0 Å². The van der Waals surface area contributed by atoms with Crippen LogP contribution in [0.2, 0.25) is 0 Å². The Morgan fingerprint density at radius 1 is 1.37 bits per heavy atom. The number of nitrogens with one attached hydrogen (secondary N) is 1. The second-order valence-electron chi connectivity index (χ2n) is 4.53. The maximum atomic E-state index is 13.6. The molecule has 1 heterocycles. The molecule has 1 aromatic carbocycles. The number of methoxy groups -OCH3 is 2. The molecule has 1 saturated heterocycles. The van der Waals surface area contributed by atoms with Gasteiger partial charge in [0, 0.05) is 18.7 Å². The fourth-order valence-electron chi connectivity index (χ4n) is 2.25. The highest BCUT2D eigenvalue weighted by Crippen LogP contribution is 2.39. The molecule has 0 aliphatic carbocycles. The van der Waals surface area contributed by atoms with Crippen molar-refractivity contribution in [2.45, 2.75) is 19.2 Å². The van der Waals surface area contributed by atoms with Gasteiger partial charge in [0.25, 0.3) is 0 Å². The van der Waals surface area contributed by atoms with E-state index < -0.39 is 6.17 Å². The summed E-state index contributed by atoms with van der Waals surface area (Å²) in [5.74, 6) is 1.15. The average molecular weight is 269 g/mol. The molecule has 19 heavy (non-hydrogen) atoms. The Hall–Kier alpha value is -1.33. The Morgan fingerprint density at radius 3 is 2.68 bits per heavy atom. The van der Waals surface area contributed by atoms with Crippen LogP contribution in [0.5, 0.6) is 11.5 Å². The lowest BCUT2D eigenvalue weighted by Crippen LogP contribution is -2.33. The van der Waals surface area contributed by atoms with Gasteiger partial charge in [-0.15, -0.1) is 0 Å². The third kappa shape index (κ3) is 2.98. The molecule has 5 heteroatoms. The average Bonchev–Trinajstić information content (AvgIpc) is 2.46. The molecule has 4 nitrogen and oxygen atoms in total. The second-order valence-corrected chi connectivity index (χ2v) is 4.53. The minimum absolute atomic E-state index is 0.142. The molecule has 2 rings (SSSR count). The first-order valence-corrected chi connectivity index (χ1v) is 6.39. The first-order chi connectivity index (χ1) is 9.17. The van der Waals surface area contributed by atoms with Gasteiger partial charge in [0.05, 0.1) is 26.9 Å². The van der Waals surface area contributed by atoms with Gasteiger partial charge in [0.1, 0.15) is 6.17 Å². The summed E-state index contributed by atoms with van der Waals surface area (Å²) in [6.45, 7) is 3.65. The van der Waals surface area contributed by atoms with Gasteiger partial charge >= 0.3 is 0 Å². The summed E-state index contributed by atoms with van der Waals surface area (Å²) in [6.07, 6.45) is -1.20. The predicted octanol–water partition coefficient (Wildman–Crippen LogP) is 2.40. The lowest BCUT2D eigenvalue weighted by molar-refractivity contribution is 0.0259. The molecule has 106 valence electrons. The molecule has 1 fully saturated rings. The number of hydrogen-bond donors (Lipinski definition) is 1. The molecule has 1 aliphatic rings. The molecule has 2 unspecified atom stereocenters. The summed E-state index contributed by atoms with van der Waals surface area (Å²) in [4.78, 5) is 0. The normalized spacial score (nSPS) is 20.9. The number of morpholine rings is 1. The van der Waals surface area contributed by atoms with Crippen LogP contribution < -0.4 is 14.8 Å². The first-order valence-electron chi connectivity index (χ1n) is 6.39. The lowest BCUT2D eigenvalue weighted by Gasteiger charge is -2.26. The van der Waals surface area contributed by atoms with Crippen molar-refractivity contribution in [3.8, 4) is 11.5 Å². The summed E-state index contributed by atoms with van der Waals surface area (Å²) in [7, 11) is 3.13. The van der Waals surface area contributed by atoms with Crippen LogP contribution >= 0.6 is 0 Å². The van der Waals surface area contributed by atoms with Crippen LogP contribution in [0.4, 0.5) is 4.39 Å². The van der Waals surface area contributed by atoms with E-state index >= 15 is 0 Å². The summed E-state index contributed by atoms with van der Waals surface area (Å²) >= 11 is 0. The summed E-state index contributed by atoms with van der Waals surface area (Å²) < 4.78 is 30.0. The molecule has 0 radical (unpaired) electrons. The smallest absolute Gasteiger partial charge is 0.166 e. The van der Waals surface area contributed by atoms with Gasteiger partial charge in [-0.25, -0.2) is 4.39 Å². The lowest BCUT2D eigenvalue weighted by atomic mass is 10.0. The van der Waals surface area contributed by atoms with E-state index in [0.717, 1.165) is 12.1 Å². The van der Waals surface area contributed by atoms with Crippen molar-refractivity contribution < 1.29 is 18.6 Å². The standard InChI is InChI=1S/C14H20FNO3/c1-9(15)10-6-11(13-8-16-4-5-19-13)14(18-3)12(7-10)17-2/h6-7,9,13,16H,4-5,8H2,1-3H3. The Kier molecular flexibility index (Phi) is 4.61. The minimum Gasteiger partial charge on any atom is -0.493 e. The topological polar surface area (TPSA) is 39.7 Å². The minimum atomic E-state index is -1.06. The van der Waals surface area contributed by atoms with Gasteiger partial charge in [0.15, 0.2) is 11.5 Å². The highest BCUT2D eigenvalue weighted by Gasteiger charge is 2.24. The van der Waals surface area contributed by atoms with Gasteiger partial charge in [-0.1, -0.05) is 0 Å². The fourth-order valence-corrected chi connectivity index (χ4v) is 2.25. The van der Waals surface area contributed by atoms with Gasteiger partial charge in [-0.3, -0.25) is 0 Å². The van der Waals surface area contributed by atoms with Gasteiger partial charge in [-0.05, 0) is 24.6 Å². The highest BCUT2D eigenvalue weighted by atomic mass is 19.1. The maximum Gasteiger partial charge on any atom is 0.166 e. The largest absolute Gasteiger partial charge is 0.493 e. The van der Waals surface area contributed by atoms with Crippen molar-refractivity contribution in [2.75, 3.05) is 33.9 Å². The third-order valence-corrected chi connectivity index (χ3v) is 3.26. The zero-order valence-electron chi connectivity index (χ0n) is 11.5. The Bertz CT molecular complexity index is 431. The van der Waals surface area contributed by atoms with E-state index in [-0.39, 0.29) is 6.10 Å². The van der Waals surface area contributed by atoms with Crippen LogP contribution in [0.15, 0.2) is 12.1 Å². The van der Waals surface area contributed by atoms with Crippen molar-refractivity contribution in [1.29, 1.82) is 0 Å². The van der Waals surface area contributed by atoms with E-state index in [1.54, 1.807) is 26.4 Å². The first kappa shape index (κ1) is 14.1. The predicted molar refractivity (Wildman–Crippen MR) is 70.6 cm³/mol. The summed E-state index contributed by atoms with van der Waals surface area (Å²) in [6, 6.07) is 3.47. The fraction of sp³-hybridized carbons (Fsp3) is 0.571. The molecular weight excluding hydrogens is 249 g/mol. The van der Waals surface area contributed by atoms with Crippen LogP contribution in [0.3, 0.4) is 0 Å².